The number of nitrogen functional groups attached to an aromatic ring is 2. The Labute approximate surface area is 192 Å². The second-order valence-electron chi connectivity index (χ2n) is 6.99. The molecule has 2 heterocycles. The number of hydrogen-bond acceptors (Lipinski definition) is 9. The summed E-state index contributed by atoms with van der Waals surface area (Å²) < 4.78 is 0. The van der Waals surface area contributed by atoms with Crippen molar-refractivity contribution in [1.82, 2.24) is 10.3 Å². The standard InChI is InChI=1S/C22H15ClN8O2/c23-15-6-5-10(7-13(15)21(32)33)11-3-1-2-4-12(11)18-16-17(26)14(8-24)19(27)30-20(16)31-22(29-18)28-9-25/h1-7,18H,(H,32,33)(H6,26,27,28,29,30,31). The van der Waals surface area contributed by atoms with E-state index in [0.717, 1.165) is 0 Å². The summed E-state index contributed by atoms with van der Waals surface area (Å²) in [7, 11) is 0. The van der Waals surface area contributed by atoms with Gasteiger partial charge in [0.1, 0.15) is 29.3 Å². The summed E-state index contributed by atoms with van der Waals surface area (Å²) in [6.45, 7) is 0. The van der Waals surface area contributed by atoms with E-state index in [-0.39, 0.29) is 39.4 Å². The molecule has 0 saturated carbocycles. The van der Waals surface area contributed by atoms with Gasteiger partial charge in [0.25, 0.3) is 0 Å². The highest BCUT2D eigenvalue weighted by atomic mass is 35.5. The van der Waals surface area contributed by atoms with Crippen molar-refractivity contribution in [1.29, 1.82) is 10.5 Å². The second-order valence-corrected chi connectivity index (χ2v) is 7.40. The van der Waals surface area contributed by atoms with Crippen LogP contribution in [0.3, 0.4) is 0 Å². The van der Waals surface area contributed by atoms with Crippen LogP contribution >= 0.6 is 11.6 Å². The van der Waals surface area contributed by atoms with Crippen LogP contribution < -0.4 is 22.1 Å². The van der Waals surface area contributed by atoms with E-state index in [1.54, 1.807) is 36.5 Å². The van der Waals surface area contributed by atoms with Gasteiger partial charge in [-0.05, 0) is 28.8 Å². The minimum absolute atomic E-state index is 0.0181. The van der Waals surface area contributed by atoms with Crippen LogP contribution in [-0.4, -0.2) is 22.0 Å². The molecule has 1 aromatic heterocycles. The number of hydrogen-bond donors (Lipinski definition) is 5. The van der Waals surface area contributed by atoms with Crippen LogP contribution in [0.2, 0.25) is 5.02 Å². The molecule has 162 valence electrons. The molecule has 33 heavy (non-hydrogen) atoms. The lowest BCUT2D eigenvalue weighted by Gasteiger charge is -2.27. The first-order valence-electron chi connectivity index (χ1n) is 9.46. The molecule has 1 aliphatic rings. The third kappa shape index (κ3) is 3.71. The van der Waals surface area contributed by atoms with E-state index in [1.807, 2.05) is 6.07 Å². The number of nitriles is 2. The van der Waals surface area contributed by atoms with Crippen LogP contribution in [0.4, 0.5) is 17.3 Å². The molecular formula is C22H15ClN8O2. The molecule has 0 fully saturated rings. The molecule has 11 heteroatoms. The molecule has 0 bridgehead atoms. The molecule has 2 aromatic carbocycles. The zero-order chi connectivity index (χ0) is 23.7. The van der Waals surface area contributed by atoms with Gasteiger partial charge in [0.2, 0.25) is 5.96 Å². The number of anilines is 3. The third-order valence-electron chi connectivity index (χ3n) is 5.12. The van der Waals surface area contributed by atoms with Crippen molar-refractivity contribution in [2.45, 2.75) is 6.04 Å². The molecule has 3 aromatic rings. The maximum atomic E-state index is 11.6. The average molecular weight is 459 g/mol. The van der Waals surface area contributed by atoms with Crippen molar-refractivity contribution < 1.29 is 9.90 Å². The number of halogens is 1. The van der Waals surface area contributed by atoms with Crippen molar-refractivity contribution in [3.05, 3.63) is 69.7 Å². The van der Waals surface area contributed by atoms with E-state index in [2.05, 4.69) is 20.6 Å². The largest absolute Gasteiger partial charge is 0.478 e. The van der Waals surface area contributed by atoms with Crippen LogP contribution in [-0.2, 0) is 0 Å². The number of carboxylic acid groups (broad SMARTS) is 1. The monoisotopic (exact) mass is 458 g/mol. The molecule has 10 nitrogen and oxygen atoms in total. The van der Waals surface area contributed by atoms with Gasteiger partial charge in [-0.2, -0.15) is 10.5 Å². The molecule has 1 atom stereocenters. The number of nitrogens with two attached hydrogens (primary N) is 2. The summed E-state index contributed by atoms with van der Waals surface area (Å²) in [6, 6.07) is 13.0. The van der Waals surface area contributed by atoms with E-state index in [9.17, 15) is 15.2 Å². The van der Waals surface area contributed by atoms with Crippen LogP contribution in [0, 0.1) is 22.8 Å². The number of aromatic nitrogens is 1. The Morgan fingerprint density at radius 2 is 1.97 bits per heavy atom. The van der Waals surface area contributed by atoms with Crippen molar-refractivity contribution in [2.24, 2.45) is 4.99 Å². The Morgan fingerprint density at radius 1 is 1.21 bits per heavy atom. The van der Waals surface area contributed by atoms with Crippen LogP contribution in [0.15, 0.2) is 47.5 Å². The molecule has 7 N–H and O–H groups in total. The van der Waals surface area contributed by atoms with E-state index in [4.69, 9.17) is 28.3 Å². The predicted octanol–water partition coefficient (Wildman–Crippen LogP) is 3.08. The summed E-state index contributed by atoms with van der Waals surface area (Å²) in [5, 5.41) is 33.5. The SMILES string of the molecule is N#CNC1=NC(c2ccccc2-c2ccc(Cl)c(C(=O)O)c2)c2c(nc(N)c(C#N)c2N)N1. The Hall–Kier alpha value is -4.80. The molecule has 1 aliphatic heterocycles. The number of rotatable bonds is 3. The molecular weight excluding hydrogens is 444 g/mol. The van der Waals surface area contributed by atoms with Gasteiger partial charge in [0.15, 0.2) is 6.19 Å². The molecule has 0 amide bonds. The summed E-state index contributed by atoms with van der Waals surface area (Å²) >= 11 is 6.04. The quantitative estimate of drug-likeness (QED) is 0.290. The van der Waals surface area contributed by atoms with E-state index in [0.29, 0.717) is 22.3 Å². The zero-order valence-corrected chi connectivity index (χ0v) is 17.6. The maximum Gasteiger partial charge on any atom is 0.337 e. The smallest absolute Gasteiger partial charge is 0.337 e. The van der Waals surface area contributed by atoms with Crippen molar-refractivity contribution in [3.8, 4) is 23.4 Å². The van der Waals surface area contributed by atoms with Crippen molar-refractivity contribution >= 4 is 40.9 Å². The van der Waals surface area contributed by atoms with Gasteiger partial charge in [0.05, 0.1) is 16.3 Å². The highest BCUT2D eigenvalue weighted by molar-refractivity contribution is 6.33. The van der Waals surface area contributed by atoms with E-state index >= 15 is 0 Å². The highest BCUT2D eigenvalue weighted by Crippen LogP contribution is 2.43. The number of aromatic carboxylic acids is 1. The first kappa shape index (κ1) is 21.4. The number of nitrogens with zero attached hydrogens (tertiary/aromatic N) is 4. The number of fused-ring (bicyclic) bond motifs is 1. The number of pyridine rings is 1. The van der Waals surface area contributed by atoms with Gasteiger partial charge in [-0.3, -0.25) is 5.32 Å². The minimum atomic E-state index is -1.16. The zero-order valence-electron chi connectivity index (χ0n) is 16.8. The average Bonchev–Trinajstić information content (AvgIpc) is 2.79. The first-order chi connectivity index (χ1) is 15.8. The van der Waals surface area contributed by atoms with Gasteiger partial charge in [-0.25, -0.2) is 14.8 Å². The van der Waals surface area contributed by atoms with Gasteiger partial charge >= 0.3 is 5.97 Å². The molecule has 4 rings (SSSR count). The Morgan fingerprint density at radius 3 is 2.67 bits per heavy atom. The molecule has 0 spiro atoms. The van der Waals surface area contributed by atoms with Gasteiger partial charge in [-0.15, -0.1) is 0 Å². The topological polar surface area (TPSA) is 186 Å². The Balaban J connectivity index is 1.98. The fraction of sp³-hybridized carbons (Fsp3) is 0.0455. The van der Waals surface area contributed by atoms with Crippen molar-refractivity contribution in [2.75, 3.05) is 16.8 Å². The van der Waals surface area contributed by atoms with Crippen LogP contribution in [0.25, 0.3) is 11.1 Å². The number of carboxylic acids is 1. The van der Waals surface area contributed by atoms with Gasteiger partial charge in [0, 0.05) is 5.56 Å². The van der Waals surface area contributed by atoms with Crippen molar-refractivity contribution in [3.63, 3.8) is 0 Å². The van der Waals surface area contributed by atoms with Crippen LogP contribution in [0.5, 0.6) is 0 Å². The minimum Gasteiger partial charge on any atom is -0.478 e. The highest BCUT2D eigenvalue weighted by Gasteiger charge is 2.31. The third-order valence-corrected chi connectivity index (χ3v) is 5.45. The number of carbonyl (C=O) groups is 1. The summed E-state index contributed by atoms with van der Waals surface area (Å²) in [5.74, 6) is -0.857. The maximum absolute atomic E-state index is 11.6. The summed E-state index contributed by atoms with van der Waals surface area (Å²) in [5.41, 5.74) is 14.6. The lowest BCUT2D eigenvalue weighted by atomic mass is 9.89. The first-order valence-corrected chi connectivity index (χ1v) is 9.84. The number of aliphatic imine (C=N–C) groups is 1. The number of guanidine groups is 1. The molecule has 1 unspecified atom stereocenters. The summed E-state index contributed by atoms with van der Waals surface area (Å²) in [4.78, 5) is 20.4. The fourth-order valence-corrected chi connectivity index (χ4v) is 3.86. The molecule has 0 saturated heterocycles. The Kier molecular flexibility index (Phi) is 5.44. The van der Waals surface area contributed by atoms with E-state index < -0.39 is 12.0 Å². The fourth-order valence-electron chi connectivity index (χ4n) is 3.66. The van der Waals surface area contributed by atoms with Gasteiger partial charge < -0.3 is 21.9 Å². The summed E-state index contributed by atoms with van der Waals surface area (Å²) in [6.07, 6.45) is 1.80. The normalized spacial score (nSPS) is 14.2. The number of benzene rings is 2. The number of nitrogens with one attached hydrogen (secondary N) is 2. The van der Waals surface area contributed by atoms with Gasteiger partial charge in [-0.1, -0.05) is 41.9 Å². The van der Waals surface area contributed by atoms with Crippen LogP contribution in [0.1, 0.15) is 33.1 Å². The molecule has 0 aliphatic carbocycles. The molecule has 0 radical (unpaired) electrons. The lowest BCUT2D eigenvalue weighted by molar-refractivity contribution is 0.0697. The van der Waals surface area contributed by atoms with E-state index in [1.165, 1.54) is 12.1 Å². The second kappa shape index (κ2) is 8.38. The Bertz CT molecular complexity index is 1420. The lowest BCUT2D eigenvalue weighted by Crippen LogP contribution is -2.32. The predicted molar refractivity (Wildman–Crippen MR) is 123 cm³/mol.